The summed E-state index contributed by atoms with van der Waals surface area (Å²) < 4.78 is 32.8. The lowest BCUT2D eigenvalue weighted by Gasteiger charge is -2.18. The Hall–Kier alpha value is -1.22. The summed E-state index contributed by atoms with van der Waals surface area (Å²) in [6.07, 6.45) is -5.00. The van der Waals surface area contributed by atoms with E-state index in [1.807, 2.05) is 4.98 Å². The molecule has 0 saturated carbocycles. The molecule has 1 fully saturated rings. The molecule has 2 heterocycles. The number of hydrogen-bond donors (Lipinski definition) is 6. The zero-order valence-corrected chi connectivity index (χ0v) is 25.3. The number of aliphatic hydroxyl groups is 2. The number of rotatable bonds is 12. The van der Waals surface area contributed by atoms with E-state index < -0.39 is 63.5 Å². The van der Waals surface area contributed by atoms with Gasteiger partial charge in [-0.1, -0.05) is 41.5 Å². The van der Waals surface area contributed by atoms with Crippen LogP contribution in [0, 0.1) is 0 Å². The number of aliphatic hydroxyl groups excluding tert-OH is 2. The zero-order chi connectivity index (χ0) is 30.4. The molecule has 1 aliphatic rings. The van der Waals surface area contributed by atoms with Gasteiger partial charge in [-0.2, -0.15) is 0 Å². The molecule has 0 aromatic carbocycles. The second kappa shape index (κ2) is 18.3. The summed E-state index contributed by atoms with van der Waals surface area (Å²) in [7, 11) is -9.49. The van der Waals surface area contributed by atoms with Gasteiger partial charge in [0.2, 0.25) is 0 Å². The molecule has 1 aliphatic heterocycles. The first kappa shape index (κ1) is 37.8. The van der Waals surface area contributed by atoms with Gasteiger partial charge < -0.3 is 44.0 Å². The number of aromatic amines is 1. The average Bonchev–Trinajstić information content (AvgIpc) is 3.13. The lowest BCUT2D eigenvalue weighted by Crippen LogP contribution is -2.37. The van der Waals surface area contributed by atoms with Crippen LogP contribution < -0.4 is 11.2 Å². The van der Waals surface area contributed by atoms with Crippen molar-refractivity contribution >= 4 is 15.2 Å². The van der Waals surface area contributed by atoms with Crippen LogP contribution >= 0.6 is 15.2 Å². The van der Waals surface area contributed by atoms with E-state index in [1.165, 1.54) is 39.3 Å². The van der Waals surface area contributed by atoms with Gasteiger partial charge in [0.15, 0.2) is 12.1 Å². The lowest BCUT2D eigenvalue weighted by molar-refractivity contribution is -0.0524. The monoisotopic (exact) mass is 604 g/mol. The Morgan fingerprint density at radius 3 is 1.72 bits per heavy atom. The minimum atomic E-state index is -4.82. The predicted molar refractivity (Wildman–Crippen MR) is 147 cm³/mol. The van der Waals surface area contributed by atoms with Gasteiger partial charge in [-0.15, -0.1) is 0 Å². The van der Waals surface area contributed by atoms with Crippen molar-refractivity contribution in [3.05, 3.63) is 33.1 Å². The number of H-pyrrole nitrogens is 1. The summed E-state index contributed by atoms with van der Waals surface area (Å²) in [5.41, 5.74) is -1.60. The Balaban J connectivity index is 0.000000848. The first-order chi connectivity index (χ1) is 18.1. The molecule has 2 rings (SSSR count). The molecule has 6 N–H and O–H groups in total. The van der Waals surface area contributed by atoms with Gasteiger partial charge in [-0.3, -0.25) is 23.5 Å². The first-order valence-electron chi connectivity index (χ1n) is 12.9. The maximum atomic E-state index is 11.7. The number of ether oxygens (including phenoxy) is 1. The minimum absolute atomic E-state index is 0.687. The maximum absolute atomic E-state index is 11.7. The number of nitrogens with zero attached hydrogens (tertiary/aromatic N) is 3. The van der Waals surface area contributed by atoms with E-state index >= 15 is 0 Å². The average molecular weight is 605 g/mol. The highest BCUT2D eigenvalue weighted by Crippen LogP contribution is 2.55. The molecule has 15 nitrogen and oxygen atoms in total. The van der Waals surface area contributed by atoms with Crippen LogP contribution in [0.5, 0.6) is 0 Å². The molecule has 5 atom stereocenters. The lowest BCUT2D eigenvalue weighted by atomic mass is 10.1. The van der Waals surface area contributed by atoms with Gasteiger partial charge in [0.05, 0.1) is 6.61 Å². The fraction of sp³-hybridized carbons (Fsp3) is 0.818. The molecular formula is C22H46N4O11P2. The van der Waals surface area contributed by atoms with Crippen molar-refractivity contribution in [1.82, 2.24) is 19.4 Å². The van der Waals surface area contributed by atoms with Crippen LogP contribution in [0.25, 0.3) is 0 Å². The van der Waals surface area contributed by atoms with Crippen LogP contribution in [0.2, 0.25) is 0 Å². The van der Waals surface area contributed by atoms with E-state index in [1.54, 1.807) is 0 Å². The molecule has 230 valence electrons. The molecule has 0 aliphatic carbocycles. The van der Waals surface area contributed by atoms with Crippen molar-refractivity contribution in [2.45, 2.75) is 66.1 Å². The Kier molecular flexibility index (Phi) is 17.7. The molecule has 1 aromatic heterocycles. The van der Waals surface area contributed by atoms with Crippen molar-refractivity contribution in [2.24, 2.45) is 0 Å². The normalized spacial score (nSPS) is 22.6. The number of hydrogen-bond acceptors (Lipinski definition) is 10. The van der Waals surface area contributed by atoms with Crippen LogP contribution in [-0.4, -0.2) is 114 Å². The SMILES string of the molecule is CCN(CC)CC.CCN(CC)CC.O=c1ccn([C@@H]2O[C@H](COP(=O)(O)CP(=O)(O)O)[C@@H](O)[C@H]2O)c(=O)[nH]1. The molecular weight excluding hydrogens is 558 g/mol. The third-order valence-electron chi connectivity index (χ3n) is 5.95. The third-order valence-corrected chi connectivity index (χ3v) is 9.41. The molecule has 0 amide bonds. The molecule has 0 spiro atoms. The largest absolute Gasteiger partial charge is 0.387 e. The summed E-state index contributed by atoms with van der Waals surface area (Å²) in [5, 5.41) is 19.8. The molecule has 1 aromatic rings. The van der Waals surface area contributed by atoms with E-state index in [2.05, 4.69) is 55.9 Å². The van der Waals surface area contributed by atoms with Gasteiger partial charge in [0.1, 0.15) is 18.3 Å². The highest BCUT2D eigenvalue weighted by molar-refractivity contribution is 7.70. The fourth-order valence-electron chi connectivity index (χ4n) is 3.53. The Bertz CT molecular complexity index is 1000. The minimum Gasteiger partial charge on any atom is -0.387 e. The van der Waals surface area contributed by atoms with E-state index in [-0.39, 0.29) is 0 Å². The van der Waals surface area contributed by atoms with Gasteiger partial charge in [0, 0.05) is 12.3 Å². The molecule has 1 unspecified atom stereocenters. The second-order valence-corrected chi connectivity index (χ2v) is 12.5. The second-order valence-electron chi connectivity index (χ2n) is 8.54. The van der Waals surface area contributed by atoms with Crippen LogP contribution in [0.4, 0.5) is 0 Å². The molecule has 0 bridgehead atoms. The van der Waals surface area contributed by atoms with E-state index in [9.17, 15) is 33.8 Å². The molecule has 39 heavy (non-hydrogen) atoms. The van der Waals surface area contributed by atoms with Crippen molar-refractivity contribution in [2.75, 3.05) is 51.8 Å². The molecule has 0 radical (unpaired) electrons. The number of nitrogens with one attached hydrogen (secondary N) is 1. The Labute approximate surface area is 229 Å². The summed E-state index contributed by atoms with van der Waals surface area (Å²) in [4.78, 5) is 56.2. The van der Waals surface area contributed by atoms with Crippen molar-refractivity contribution in [3.63, 3.8) is 0 Å². The van der Waals surface area contributed by atoms with Crippen LogP contribution in [0.15, 0.2) is 21.9 Å². The highest BCUT2D eigenvalue weighted by atomic mass is 31.2. The van der Waals surface area contributed by atoms with Crippen LogP contribution in [-0.2, 0) is 18.4 Å². The van der Waals surface area contributed by atoms with E-state index in [0.29, 0.717) is 0 Å². The Morgan fingerprint density at radius 1 is 0.897 bits per heavy atom. The van der Waals surface area contributed by atoms with E-state index in [0.717, 1.165) is 16.8 Å². The van der Waals surface area contributed by atoms with Gasteiger partial charge in [0.25, 0.3) is 5.56 Å². The predicted octanol–water partition coefficient (Wildman–Crippen LogP) is 0.189. The van der Waals surface area contributed by atoms with Gasteiger partial charge >= 0.3 is 20.9 Å². The highest BCUT2D eigenvalue weighted by Gasteiger charge is 2.45. The van der Waals surface area contributed by atoms with Crippen LogP contribution in [0.3, 0.4) is 0 Å². The first-order valence-corrected chi connectivity index (χ1v) is 16.4. The number of aromatic nitrogens is 2. The Morgan fingerprint density at radius 2 is 1.36 bits per heavy atom. The smallest absolute Gasteiger partial charge is 0.340 e. The van der Waals surface area contributed by atoms with E-state index in [4.69, 9.17) is 14.5 Å². The zero-order valence-electron chi connectivity index (χ0n) is 23.5. The van der Waals surface area contributed by atoms with Gasteiger partial charge in [-0.05, 0) is 39.3 Å². The molecule has 1 saturated heterocycles. The van der Waals surface area contributed by atoms with Crippen LogP contribution in [0.1, 0.15) is 47.8 Å². The van der Waals surface area contributed by atoms with Crippen molar-refractivity contribution in [3.8, 4) is 0 Å². The van der Waals surface area contributed by atoms with Gasteiger partial charge in [-0.25, -0.2) is 4.79 Å². The van der Waals surface area contributed by atoms with Crippen molar-refractivity contribution < 1.29 is 43.3 Å². The summed E-state index contributed by atoms with van der Waals surface area (Å²) in [5.74, 6) is -1.42. The quantitative estimate of drug-likeness (QED) is 0.176. The maximum Gasteiger partial charge on any atom is 0.340 e. The van der Waals surface area contributed by atoms with Crippen molar-refractivity contribution in [1.29, 1.82) is 0 Å². The fourth-order valence-corrected chi connectivity index (χ4v) is 6.10. The summed E-state index contributed by atoms with van der Waals surface area (Å²) in [6.45, 7) is 19.5. The summed E-state index contributed by atoms with van der Waals surface area (Å²) in [6, 6.07) is 0.982. The summed E-state index contributed by atoms with van der Waals surface area (Å²) >= 11 is 0. The third kappa shape index (κ3) is 14.3. The standard InChI is InChI=1S/C10H16N2O11P2.2C6H15N/c13-6-1-2-12(10(16)11-6)9-8(15)7(14)5(23-9)3-22-25(20,21)4-24(17,18)19;2*1-4-7(5-2)6-3/h1-2,5,7-9,14-15H,3-4H2,(H,20,21)(H,11,13,16)(H2,17,18,19);2*4-6H2,1-3H3/t5-,7-,8-,9-;;/m1../s1. The topological polar surface area (TPSA) is 215 Å². The molecule has 17 heteroatoms.